The van der Waals surface area contributed by atoms with Crippen LogP contribution >= 0.6 is 0 Å². The van der Waals surface area contributed by atoms with Crippen LogP contribution in [0.1, 0.15) is 23.7 Å². The maximum absolute atomic E-state index is 12.6. The predicted molar refractivity (Wildman–Crippen MR) is 94.6 cm³/mol. The van der Waals surface area contributed by atoms with E-state index in [0.29, 0.717) is 32.0 Å². The smallest absolute Gasteiger partial charge is 0.303 e. The van der Waals surface area contributed by atoms with Gasteiger partial charge in [0.1, 0.15) is 0 Å². The molecule has 0 bridgehead atoms. The van der Waals surface area contributed by atoms with E-state index in [1.54, 1.807) is 13.0 Å². The molecule has 1 amide bonds. The average molecular weight is 385 g/mol. The lowest BCUT2D eigenvalue weighted by Crippen LogP contribution is -2.38. The molecule has 0 radical (unpaired) electrons. The number of hydrogen-bond donors (Lipinski definition) is 3. The Labute approximate surface area is 152 Å². The van der Waals surface area contributed by atoms with Crippen molar-refractivity contribution in [1.29, 1.82) is 0 Å². The van der Waals surface area contributed by atoms with E-state index in [2.05, 4.69) is 5.32 Å². The van der Waals surface area contributed by atoms with E-state index in [1.165, 1.54) is 12.1 Å². The summed E-state index contributed by atoms with van der Waals surface area (Å²) in [7, 11) is -3.95. The van der Waals surface area contributed by atoms with Crippen LogP contribution < -0.4 is 15.4 Å². The van der Waals surface area contributed by atoms with Gasteiger partial charge in [0.15, 0.2) is 0 Å². The summed E-state index contributed by atoms with van der Waals surface area (Å²) in [6, 6.07) is 4.17. The normalized spacial score (nSPS) is 16.2. The standard InChI is InChI=1S/C16H23N3O6S/c1-11(8-15(20)21)10-18-16(22)13-9-12(26(17,23)24)2-3-14(13)19-4-6-25-7-5-19/h2-3,9,11H,4-8,10H2,1H3,(H,18,22)(H,20,21)(H2,17,23,24). The number of benzene rings is 1. The monoisotopic (exact) mass is 385 g/mol. The fourth-order valence-electron chi connectivity index (χ4n) is 2.69. The zero-order chi connectivity index (χ0) is 19.3. The molecule has 1 aromatic rings. The molecule has 0 aromatic heterocycles. The second-order valence-corrected chi connectivity index (χ2v) is 7.80. The van der Waals surface area contributed by atoms with Gasteiger partial charge in [-0.05, 0) is 24.1 Å². The first-order chi connectivity index (χ1) is 12.2. The Hall–Kier alpha value is -2.17. The van der Waals surface area contributed by atoms with Crippen LogP contribution in [-0.2, 0) is 19.6 Å². The minimum atomic E-state index is -3.95. The van der Waals surface area contributed by atoms with Crippen molar-refractivity contribution in [2.75, 3.05) is 37.7 Å². The van der Waals surface area contributed by atoms with Crippen molar-refractivity contribution < 1.29 is 27.9 Å². The van der Waals surface area contributed by atoms with Gasteiger partial charge in [-0.2, -0.15) is 0 Å². The summed E-state index contributed by atoms with van der Waals surface area (Å²) in [5, 5.41) is 16.6. The van der Waals surface area contributed by atoms with Gasteiger partial charge in [0.2, 0.25) is 10.0 Å². The van der Waals surface area contributed by atoms with E-state index in [0.717, 1.165) is 0 Å². The Morgan fingerprint density at radius 2 is 2.00 bits per heavy atom. The molecule has 0 spiro atoms. The highest BCUT2D eigenvalue weighted by Crippen LogP contribution is 2.25. The third-order valence-electron chi connectivity index (χ3n) is 4.03. The quantitative estimate of drug-likeness (QED) is 0.601. The molecule has 1 unspecified atom stereocenters. The summed E-state index contributed by atoms with van der Waals surface area (Å²) in [6.45, 7) is 4.03. The largest absolute Gasteiger partial charge is 0.481 e. The number of amides is 1. The van der Waals surface area contributed by atoms with E-state index >= 15 is 0 Å². The van der Waals surface area contributed by atoms with Crippen molar-refractivity contribution in [2.24, 2.45) is 11.1 Å². The van der Waals surface area contributed by atoms with Crippen LogP contribution in [-0.4, -0.2) is 58.2 Å². The fraction of sp³-hybridized carbons (Fsp3) is 0.500. The van der Waals surface area contributed by atoms with E-state index < -0.39 is 21.9 Å². The number of carboxylic acids is 1. The lowest BCUT2D eigenvalue weighted by molar-refractivity contribution is -0.137. The number of nitrogens with zero attached hydrogens (tertiary/aromatic N) is 1. The number of carbonyl (C=O) groups is 2. The molecule has 1 saturated heterocycles. The third-order valence-corrected chi connectivity index (χ3v) is 4.94. The number of morpholine rings is 1. The second kappa shape index (κ2) is 8.47. The third kappa shape index (κ3) is 5.41. The maximum atomic E-state index is 12.6. The Balaban J connectivity index is 2.26. The average Bonchev–Trinajstić information content (AvgIpc) is 2.58. The van der Waals surface area contributed by atoms with Gasteiger partial charge in [-0.3, -0.25) is 9.59 Å². The van der Waals surface area contributed by atoms with Gasteiger partial charge in [-0.15, -0.1) is 0 Å². The van der Waals surface area contributed by atoms with Crippen molar-refractivity contribution in [2.45, 2.75) is 18.2 Å². The van der Waals surface area contributed by atoms with Crippen LogP contribution in [0.15, 0.2) is 23.1 Å². The molecule has 0 aliphatic carbocycles. The van der Waals surface area contributed by atoms with E-state index in [-0.39, 0.29) is 29.3 Å². The molecular weight excluding hydrogens is 362 g/mol. The summed E-state index contributed by atoms with van der Waals surface area (Å²) in [5.74, 6) is -1.68. The highest BCUT2D eigenvalue weighted by Gasteiger charge is 2.22. The summed E-state index contributed by atoms with van der Waals surface area (Å²) < 4.78 is 28.6. The van der Waals surface area contributed by atoms with Gasteiger partial charge in [0, 0.05) is 31.7 Å². The van der Waals surface area contributed by atoms with Gasteiger partial charge >= 0.3 is 5.97 Å². The number of rotatable bonds is 7. The number of primary sulfonamides is 1. The van der Waals surface area contributed by atoms with Gasteiger partial charge in [-0.1, -0.05) is 6.92 Å². The van der Waals surface area contributed by atoms with Gasteiger partial charge in [0.05, 0.1) is 23.7 Å². The molecule has 1 aromatic carbocycles. The zero-order valence-corrected chi connectivity index (χ0v) is 15.3. The molecule has 1 aliphatic rings. The van der Waals surface area contributed by atoms with Gasteiger partial charge in [0.25, 0.3) is 5.91 Å². The summed E-state index contributed by atoms with van der Waals surface area (Å²) in [6.07, 6.45) is -0.0756. The molecular formula is C16H23N3O6S. The first kappa shape index (κ1) is 20.1. The van der Waals surface area contributed by atoms with Crippen molar-refractivity contribution in [3.8, 4) is 0 Å². The van der Waals surface area contributed by atoms with Crippen LogP contribution in [0.4, 0.5) is 5.69 Å². The molecule has 9 nitrogen and oxygen atoms in total. The summed E-state index contributed by atoms with van der Waals surface area (Å²) >= 11 is 0. The van der Waals surface area contributed by atoms with Crippen LogP contribution in [0.3, 0.4) is 0 Å². The number of nitrogens with one attached hydrogen (secondary N) is 1. The number of carboxylic acid groups (broad SMARTS) is 1. The molecule has 4 N–H and O–H groups in total. The molecule has 0 saturated carbocycles. The molecule has 1 atom stereocenters. The maximum Gasteiger partial charge on any atom is 0.303 e. The van der Waals surface area contributed by atoms with E-state index in [1.807, 2.05) is 4.90 Å². The van der Waals surface area contributed by atoms with Crippen molar-refractivity contribution in [3.05, 3.63) is 23.8 Å². The highest BCUT2D eigenvalue weighted by molar-refractivity contribution is 7.89. The number of hydrogen-bond acceptors (Lipinski definition) is 6. The summed E-state index contributed by atoms with van der Waals surface area (Å²) in [5.41, 5.74) is 0.769. The van der Waals surface area contributed by atoms with Crippen molar-refractivity contribution >= 4 is 27.6 Å². The lowest BCUT2D eigenvalue weighted by atomic mass is 10.1. The number of anilines is 1. The molecule has 10 heteroatoms. The Bertz CT molecular complexity index is 774. The number of nitrogens with two attached hydrogens (primary N) is 1. The number of aliphatic carboxylic acids is 1. The first-order valence-corrected chi connectivity index (χ1v) is 9.72. The molecule has 2 rings (SSSR count). The van der Waals surface area contributed by atoms with Crippen LogP contribution in [0.2, 0.25) is 0 Å². The van der Waals surface area contributed by atoms with Crippen LogP contribution in [0, 0.1) is 5.92 Å². The van der Waals surface area contributed by atoms with Crippen LogP contribution in [0.5, 0.6) is 0 Å². The summed E-state index contributed by atoms with van der Waals surface area (Å²) in [4.78, 5) is 25.1. The molecule has 1 heterocycles. The lowest BCUT2D eigenvalue weighted by Gasteiger charge is -2.30. The zero-order valence-electron chi connectivity index (χ0n) is 14.5. The molecule has 144 valence electrons. The highest BCUT2D eigenvalue weighted by atomic mass is 32.2. The van der Waals surface area contributed by atoms with E-state index in [9.17, 15) is 18.0 Å². The number of ether oxygens (including phenoxy) is 1. The minimum Gasteiger partial charge on any atom is -0.481 e. The SMILES string of the molecule is CC(CNC(=O)c1cc(S(N)(=O)=O)ccc1N1CCOCC1)CC(=O)O. The van der Waals surface area contributed by atoms with Crippen LogP contribution in [0.25, 0.3) is 0 Å². The molecule has 1 aliphatic heterocycles. The topological polar surface area (TPSA) is 139 Å². The molecule has 1 fully saturated rings. The van der Waals surface area contributed by atoms with Crippen molar-refractivity contribution in [1.82, 2.24) is 5.32 Å². The second-order valence-electron chi connectivity index (χ2n) is 6.24. The minimum absolute atomic E-state index is 0.0756. The van der Waals surface area contributed by atoms with Gasteiger partial charge < -0.3 is 20.1 Å². The van der Waals surface area contributed by atoms with Gasteiger partial charge in [-0.25, -0.2) is 13.6 Å². The Kier molecular flexibility index (Phi) is 6.57. The fourth-order valence-corrected chi connectivity index (χ4v) is 3.23. The first-order valence-electron chi connectivity index (χ1n) is 8.18. The Morgan fingerprint density at radius 3 is 2.58 bits per heavy atom. The number of sulfonamides is 1. The number of carbonyl (C=O) groups excluding carboxylic acids is 1. The predicted octanol–water partition coefficient (Wildman–Crippen LogP) is 0.0112. The van der Waals surface area contributed by atoms with E-state index in [4.69, 9.17) is 15.0 Å². The van der Waals surface area contributed by atoms with Crippen molar-refractivity contribution in [3.63, 3.8) is 0 Å². The Morgan fingerprint density at radius 1 is 1.35 bits per heavy atom. The molecule has 26 heavy (non-hydrogen) atoms.